The Kier molecular flexibility index (Phi) is 3.67. The second-order valence-corrected chi connectivity index (χ2v) is 4.77. The van der Waals surface area contributed by atoms with Gasteiger partial charge < -0.3 is 0 Å². The topological polar surface area (TPSA) is 0 Å². The molecule has 0 aliphatic carbocycles. The Morgan fingerprint density at radius 2 is 1.61 bits per heavy atom. The number of hydrogen-bond donors (Lipinski definition) is 0. The molecular formula is C15H13ClF2. The van der Waals surface area contributed by atoms with Crippen molar-refractivity contribution in [1.82, 2.24) is 0 Å². The summed E-state index contributed by atoms with van der Waals surface area (Å²) in [6.07, 6.45) is 0. The van der Waals surface area contributed by atoms with Crippen LogP contribution in [0.5, 0.6) is 0 Å². The molecule has 1 atom stereocenters. The Morgan fingerprint density at radius 1 is 1.00 bits per heavy atom. The molecule has 1 unspecified atom stereocenters. The molecule has 0 heterocycles. The summed E-state index contributed by atoms with van der Waals surface area (Å²) in [7, 11) is 0. The minimum Gasteiger partial charge on any atom is -0.207 e. The zero-order valence-electron chi connectivity index (χ0n) is 10.2. The Bertz CT molecular complexity index is 558. The molecule has 0 bridgehead atoms. The molecule has 18 heavy (non-hydrogen) atoms. The molecule has 0 aliphatic rings. The van der Waals surface area contributed by atoms with Gasteiger partial charge in [0.2, 0.25) is 0 Å². The predicted octanol–water partition coefficient (Wildman–Crippen LogP) is 4.91. The highest BCUT2D eigenvalue weighted by atomic mass is 35.5. The quantitative estimate of drug-likeness (QED) is 0.678. The van der Waals surface area contributed by atoms with Crippen LogP contribution in [0.2, 0.25) is 0 Å². The van der Waals surface area contributed by atoms with E-state index in [0.717, 1.165) is 22.8 Å². The Labute approximate surface area is 110 Å². The first kappa shape index (κ1) is 13.0. The average Bonchev–Trinajstić information content (AvgIpc) is 2.28. The maximum atomic E-state index is 13.7. The molecule has 0 nitrogen and oxygen atoms in total. The zero-order valence-corrected chi connectivity index (χ0v) is 10.9. The van der Waals surface area contributed by atoms with Crippen LogP contribution in [0.25, 0.3) is 0 Å². The molecule has 0 amide bonds. The van der Waals surface area contributed by atoms with Crippen molar-refractivity contribution in [2.45, 2.75) is 19.2 Å². The number of benzene rings is 2. The van der Waals surface area contributed by atoms with E-state index in [-0.39, 0.29) is 0 Å². The van der Waals surface area contributed by atoms with Crippen molar-refractivity contribution in [2.24, 2.45) is 0 Å². The third-order valence-electron chi connectivity index (χ3n) is 3.03. The first-order valence-corrected chi connectivity index (χ1v) is 6.09. The van der Waals surface area contributed by atoms with E-state index in [1.807, 2.05) is 32.0 Å². The molecule has 0 radical (unpaired) electrons. The lowest BCUT2D eigenvalue weighted by molar-refractivity contribution is 0.573. The van der Waals surface area contributed by atoms with Crippen molar-refractivity contribution >= 4 is 11.6 Å². The van der Waals surface area contributed by atoms with E-state index in [9.17, 15) is 8.78 Å². The summed E-state index contributed by atoms with van der Waals surface area (Å²) in [5.74, 6) is -1.21. The minimum atomic E-state index is -0.613. The summed E-state index contributed by atoms with van der Waals surface area (Å²) in [6, 6.07) is 9.27. The molecule has 0 fully saturated rings. The fourth-order valence-electron chi connectivity index (χ4n) is 2.09. The van der Waals surface area contributed by atoms with Crippen LogP contribution in [0.15, 0.2) is 36.4 Å². The second kappa shape index (κ2) is 5.07. The summed E-state index contributed by atoms with van der Waals surface area (Å²) in [4.78, 5) is 0. The number of aryl methyl sites for hydroxylation is 2. The van der Waals surface area contributed by atoms with Gasteiger partial charge in [0.1, 0.15) is 11.6 Å². The number of rotatable bonds is 2. The first-order valence-electron chi connectivity index (χ1n) is 5.66. The van der Waals surface area contributed by atoms with Crippen LogP contribution in [-0.4, -0.2) is 0 Å². The third-order valence-corrected chi connectivity index (χ3v) is 3.48. The van der Waals surface area contributed by atoms with E-state index in [1.54, 1.807) is 0 Å². The molecule has 0 saturated heterocycles. The van der Waals surface area contributed by atoms with Gasteiger partial charge in [0.05, 0.1) is 5.38 Å². The van der Waals surface area contributed by atoms with Crippen LogP contribution in [0, 0.1) is 25.5 Å². The SMILES string of the molecule is Cc1cccc(C)c1C(Cl)c1ccc(F)cc1F. The van der Waals surface area contributed by atoms with Crippen molar-refractivity contribution in [3.8, 4) is 0 Å². The molecule has 0 spiro atoms. The van der Waals surface area contributed by atoms with E-state index in [2.05, 4.69) is 0 Å². The highest BCUT2D eigenvalue weighted by molar-refractivity contribution is 6.22. The highest BCUT2D eigenvalue weighted by Crippen LogP contribution is 2.34. The number of alkyl halides is 1. The van der Waals surface area contributed by atoms with E-state index in [1.165, 1.54) is 12.1 Å². The van der Waals surface area contributed by atoms with Gasteiger partial charge in [0.15, 0.2) is 0 Å². The van der Waals surface area contributed by atoms with Crippen molar-refractivity contribution in [3.05, 3.63) is 70.3 Å². The van der Waals surface area contributed by atoms with Crippen molar-refractivity contribution in [2.75, 3.05) is 0 Å². The fourth-order valence-corrected chi connectivity index (χ4v) is 2.61. The molecule has 0 saturated carbocycles. The van der Waals surface area contributed by atoms with Crippen LogP contribution in [-0.2, 0) is 0 Å². The first-order chi connectivity index (χ1) is 8.50. The van der Waals surface area contributed by atoms with Crippen LogP contribution in [0.1, 0.15) is 27.6 Å². The maximum Gasteiger partial charge on any atom is 0.131 e. The van der Waals surface area contributed by atoms with E-state index in [0.29, 0.717) is 5.56 Å². The fraction of sp³-hybridized carbons (Fsp3) is 0.200. The zero-order chi connectivity index (χ0) is 13.3. The van der Waals surface area contributed by atoms with Gasteiger partial charge in [0, 0.05) is 11.6 Å². The van der Waals surface area contributed by atoms with E-state index in [4.69, 9.17) is 11.6 Å². The van der Waals surface area contributed by atoms with Crippen LogP contribution >= 0.6 is 11.6 Å². The lowest BCUT2D eigenvalue weighted by atomic mass is 9.95. The van der Waals surface area contributed by atoms with Crippen molar-refractivity contribution in [1.29, 1.82) is 0 Å². The summed E-state index contributed by atoms with van der Waals surface area (Å²) < 4.78 is 26.6. The number of hydrogen-bond acceptors (Lipinski definition) is 0. The van der Waals surface area contributed by atoms with Crippen molar-refractivity contribution < 1.29 is 8.78 Å². The molecule has 0 aromatic heterocycles. The van der Waals surface area contributed by atoms with Gasteiger partial charge >= 0.3 is 0 Å². The van der Waals surface area contributed by atoms with Crippen LogP contribution < -0.4 is 0 Å². The van der Waals surface area contributed by atoms with Crippen molar-refractivity contribution in [3.63, 3.8) is 0 Å². The molecule has 0 aliphatic heterocycles. The van der Waals surface area contributed by atoms with Crippen LogP contribution in [0.4, 0.5) is 8.78 Å². The lowest BCUT2D eigenvalue weighted by Gasteiger charge is -2.16. The van der Waals surface area contributed by atoms with Gasteiger partial charge in [-0.25, -0.2) is 8.78 Å². The molecular weight excluding hydrogens is 254 g/mol. The standard InChI is InChI=1S/C15H13ClF2/c1-9-4-3-5-10(2)14(9)15(16)12-7-6-11(17)8-13(12)18/h3-8,15H,1-2H3. The van der Waals surface area contributed by atoms with Crippen LogP contribution in [0.3, 0.4) is 0 Å². The van der Waals surface area contributed by atoms with Gasteiger partial charge in [-0.3, -0.25) is 0 Å². The predicted molar refractivity (Wildman–Crippen MR) is 70.0 cm³/mol. The molecule has 94 valence electrons. The maximum absolute atomic E-state index is 13.7. The minimum absolute atomic E-state index is 0.301. The summed E-state index contributed by atoms with van der Waals surface area (Å²) in [6.45, 7) is 3.86. The molecule has 2 rings (SSSR count). The van der Waals surface area contributed by atoms with Gasteiger partial charge in [0.25, 0.3) is 0 Å². The summed E-state index contributed by atoms with van der Waals surface area (Å²) in [5.41, 5.74) is 3.18. The van der Waals surface area contributed by atoms with E-state index >= 15 is 0 Å². The smallest absolute Gasteiger partial charge is 0.131 e. The summed E-state index contributed by atoms with van der Waals surface area (Å²) >= 11 is 6.34. The van der Waals surface area contributed by atoms with Gasteiger partial charge in [-0.1, -0.05) is 24.3 Å². The van der Waals surface area contributed by atoms with Gasteiger partial charge in [-0.2, -0.15) is 0 Å². The summed E-state index contributed by atoms with van der Waals surface area (Å²) in [5, 5.41) is -0.605. The molecule has 0 N–H and O–H groups in total. The third kappa shape index (κ3) is 2.39. The molecule has 2 aromatic carbocycles. The monoisotopic (exact) mass is 266 g/mol. The largest absolute Gasteiger partial charge is 0.207 e. The Morgan fingerprint density at radius 3 is 2.17 bits per heavy atom. The Hall–Kier alpha value is -1.41. The van der Waals surface area contributed by atoms with E-state index < -0.39 is 17.0 Å². The molecule has 3 heteroatoms. The average molecular weight is 267 g/mol. The normalized spacial score (nSPS) is 12.5. The van der Waals surface area contributed by atoms with Gasteiger partial charge in [-0.15, -0.1) is 11.6 Å². The Balaban J connectivity index is 2.51. The van der Waals surface area contributed by atoms with Gasteiger partial charge in [-0.05, 0) is 36.6 Å². The lowest BCUT2D eigenvalue weighted by Crippen LogP contribution is -2.02. The number of halogens is 3. The second-order valence-electron chi connectivity index (χ2n) is 4.33. The molecule has 2 aromatic rings. The highest BCUT2D eigenvalue weighted by Gasteiger charge is 2.19.